The molecule has 0 saturated heterocycles. The van der Waals surface area contributed by atoms with E-state index in [2.05, 4.69) is 20.5 Å². The fourth-order valence-electron chi connectivity index (χ4n) is 2.21. The summed E-state index contributed by atoms with van der Waals surface area (Å²) in [5.41, 5.74) is 1.69. The van der Waals surface area contributed by atoms with Crippen molar-refractivity contribution < 1.29 is 9.26 Å². The van der Waals surface area contributed by atoms with E-state index in [9.17, 15) is 0 Å². The van der Waals surface area contributed by atoms with Crippen LogP contribution < -0.4 is 4.74 Å². The van der Waals surface area contributed by atoms with Crippen molar-refractivity contribution in [3.8, 4) is 17.3 Å². The maximum Gasteiger partial charge on any atom is 0.235 e. The molecule has 24 heavy (non-hydrogen) atoms. The highest BCUT2D eigenvalue weighted by Gasteiger charge is 2.15. The number of rotatable bonds is 4. The van der Waals surface area contributed by atoms with Crippen LogP contribution in [0.2, 0.25) is 0 Å². The zero-order valence-corrected chi connectivity index (χ0v) is 13.8. The molecule has 0 atom stereocenters. The summed E-state index contributed by atoms with van der Waals surface area (Å²) in [5, 5.41) is 17.6. The third-order valence-electron chi connectivity index (χ3n) is 3.40. The summed E-state index contributed by atoms with van der Waals surface area (Å²) in [4.78, 5) is 0.708. The summed E-state index contributed by atoms with van der Waals surface area (Å²) in [7, 11) is 1.65. The Balaban J connectivity index is 1.63. The van der Waals surface area contributed by atoms with E-state index in [1.165, 1.54) is 11.3 Å². The van der Waals surface area contributed by atoms with Gasteiger partial charge in [0.05, 0.1) is 7.11 Å². The lowest BCUT2D eigenvalue weighted by atomic mass is 10.2. The summed E-state index contributed by atoms with van der Waals surface area (Å²) < 4.78 is 11.9. The van der Waals surface area contributed by atoms with E-state index in [-0.39, 0.29) is 0 Å². The molecule has 0 bridgehead atoms. The van der Waals surface area contributed by atoms with Gasteiger partial charge in [0.1, 0.15) is 16.5 Å². The van der Waals surface area contributed by atoms with Crippen molar-refractivity contribution in [3.63, 3.8) is 0 Å². The van der Waals surface area contributed by atoms with Gasteiger partial charge in [0.15, 0.2) is 5.69 Å². The zero-order valence-electron chi connectivity index (χ0n) is 13.0. The fourth-order valence-corrected chi connectivity index (χ4v) is 2.95. The van der Waals surface area contributed by atoms with Crippen LogP contribution in [0.3, 0.4) is 0 Å². The van der Waals surface area contributed by atoms with Gasteiger partial charge in [0.25, 0.3) is 0 Å². The molecule has 0 aliphatic rings. The van der Waals surface area contributed by atoms with Crippen LogP contribution in [-0.2, 0) is 0 Å². The molecule has 0 aliphatic heterocycles. The molecule has 8 heteroatoms. The minimum Gasteiger partial charge on any atom is -0.497 e. The Morgan fingerprint density at radius 1 is 1.17 bits per heavy atom. The number of fused-ring (bicyclic) bond motifs is 1. The molecule has 4 aromatic rings. The topological polar surface area (TPSA) is 78.3 Å². The van der Waals surface area contributed by atoms with Gasteiger partial charge in [-0.1, -0.05) is 34.7 Å². The lowest BCUT2D eigenvalue weighted by Crippen LogP contribution is -1.90. The van der Waals surface area contributed by atoms with Crippen molar-refractivity contribution in [2.75, 3.05) is 7.11 Å². The first kappa shape index (κ1) is 14.6. The predicted molar refractivity (Wildman–Crippen MR) is 90.8 cm³/mol. The van der Waals surface area contributed by atoms with Crippen LogP contribution >= 0.6 is 11.3 Å². The van der Waals surface area contributed by atoms with E-state index in [1.54, 1.807) is 11.6 Å². The molecule has 0 saturated carbocycles. The summed E-state index contributed by atoms with van der Waals surface area (Å²) >= 11 is 1.45. The Morgan fingerprint density at radius 2 is 2.00 bits per heavy atom. The molecule has 0 aliphatic carbocycles. The van der Waals surface area contributed by atoms with Gasteiger partial charge in [0, 0.05) is 6.07 Å². The zero-order chi connectivity index (χ0) is 16.5. The molecule has 4 rings (SSSR count). The summed E-state index contributed by atoms with van der Waals surface area (Å²) in [6, 6.07) is 9.62. The van der Waals surface area contributed by atoms with Crippen LogP contribution in [0.25, 0.3) is 28.6 Å². The van der Waals surface area contributed by atoms with Crippen molar-refractivity contribution in [1.82, 2.24) is 25.0 Å². The van der Waals surface area contributed by atoms with Crippen molar-refractivity contribution in [1.29, 1.82) is 0 Å². The molecule has 3 aromatic heterocycles. The van der Waals surface area contributed by atoms with Gasteiger partial charge >= 0.3 is 0 Å². The number of hydrogen-bond acceptors (Lipinski definition) is 7. The second-order valence-electron chi connectivity index (χ2n) is 5.09. The van der Waals surface area contributed by atoms with Gasteiger partial charge in [-0.3, -0.25) is 0 Å². The van der Waals surface area contributed by atoms with E-state index in [1.807, 2.05) is 49.4 Å². The Labute approximate surface area is 141 Å². The van der Waals surface area contributed by atoms with E-state index in [4.69, 9.17) is 9.26 Å². The molecule has 0 amide bonds. The third-order valence-corrected chi connectivity index (χ3v) is 4.26. The molecular weight excluding hydrogens is 326 g/mol. The molecule has 0 spiro atoms. The number of ether oxygens (including phenoxy) is 1. The number of benzene rings is 1. The van der Waals surface area contributed by atoms with E-state index < -0.39 is 0 Å². The number of hydrogen-bond donors (Lipinski definition) is 0. The first-order valence-corrected chi connectivity index (χ1v) is 8.02. The Bertz CT molecular complexity index is 1010. The first-order chi connectivity index (χ1) is 11.7. The monoisotopic (exact) mass is 339 g/mol. The second kappa shape index (κ2) is 5.89. The van der Waals surface area contributed by atoms with Gasteiger partial charge in [-0.15, -0.1) is 10.2 Å². The minimum absolute atomic E-state index is 0.571. The van der Waals surface area contributed by atoms with Crippen molar-refractivity contribution >= 4 is 28.4 Å². The maximum atomic E-state index is 5.15. The molecule has 120 valence electrons. The molecule has 0 N–H and O–H groups in total. The quantitative estimate of drug-likeness (QED) is 0.567. The molecular formula is C16H13N5O2S. The molecule has 0 unspecified atom stereocenters. The number of nitrogens with zero attached hydrogens (tertiary/aromatic N) is 5. The highest BCUT2D eigenvalue weighted by molar-refractivity contribution is 7.17. The van der Waals surface area contributed by atoms with Crippen LogP contribution in [0.15, 0.2) is 34.9 Å². The van der Waals surface area contributed by atoms with Gasteiger partial charge in [0.2, 0.25) is 10.8 Å². The van der Waals surface area contributed by atoms with Crippen LogP contribution in [0.5, 0.6) is 5.75 Å². The smallest absolute Gasteiger partial charge is 0.235 e. The first-order valence-electron chi connectivity index (χ1n) is 7.21. The predicted octanol–water partition coefficient (Wildman–Crippen LogP) is 3.33. The molecule has 7 nitrogen and oxygen atoms in total. The van der Waals surface area contributed by atoms with E-state index >= 15 is 0 Å². The standard InChI is InChI=1S/C16H13N5O2S/c1-10-9-13(20-23-10)15-17-18-16-21(15)19-14(24-16)8-5-11-3-6-12(22-2)7-4-11/h3-9H,1-2H3. The Kier molecular flexibility index (Phi) is 3.58. The highest BCUT2D eigenvalue weighted by Crippen LogP contribution is 2.22. The number of aromatic nitrogens is 5. The number of aryl methyl sites for hydroxylation is 1. The van der Waals surface area contributed by atoms with Crippen LogP contribution in [0.4, 0.5) is 0 Å². The van der Waals surface area contributed by atoms with Crippen molar-refractivity contribution in [2.45, 2.75) is 6.92 Å². The normalized spacial score (nSPS) is 11.6. The van der Waals surface area contributed by atoms with Crippen LogP contribution in [0.1, 0.15) is 16.3 Å². The lowest BCUT2D eigenvalue weighted by Gasteiger charge is -1.98. The summed E-state index contributed by atoms with van der Waals surface area (Å²) in [6.45, 7) is 1.83. The average Bonchev–Trinajstić information content (AvgIpc) is 3.28. The number of methoxy groups -OCH3 is 1. The maximum absolute atomic E-state index is 5.15. The Morgan fingerprint density at radius 3 is 2.71 bits per heavy atom. The van der Waals surface area contributed by atoms with Crippen molar-refractivity contribution in [3.05, 3.63) is 46.7 Å². The van der Waals surface area contributed by atoms with Crippen LogP contribution in [0, 0.1) is 6.92 Å². The van der Waals surface area contributed by atoms with E-state index in [0.29, 0.717) is 16.5 Å². The van der Waals surface area contributed by atoms with Gasteiger partial charge in [-0.25, -0.2) is 0 Å². The highest BCUT2D eigenvalue weighted by atomic mass is 32.1. The molecule has 3 heterocycles. The lowest BCUT2D eigenvalue weighted by molar-refractivity contribution is 0.399. The van der Waals surface area contributed by atoms with Gasteiger partial charge < -0.3 is 9.26 Å². The van der Waals surface area contributed by atoms with Gasteiger partial charge in [-0.05, 0) is 30.7 Å². The second-order valence-corrected chi connectivity index (χ2v) is 6.08. The van der Waals surface area contributed by atoms with E-state index in [0.717, 1.165) is 22.1 Å². The third kappa shape index (κ3) is 2.67. The van der Waals surface area contributed by atoms with Gasteiger partial charge in [-0.2, -0.15) is 9.61 Å². The van der Waals surface area contributed by atoms with Crippen LogP contribution in [-0.4, -0.2) is 32.1 Å². The fraction of sp³-hybridized carbons (Fsp3) is 0.125. The average molecular weight is 339 g/mol. The summed E-state index contributed by atoms with van der Waals surface area (Å²) in [5.74, 6) is 2.12. The summed E-state index contributed by atoms with van der Waals surface area (Å²) in [6.07, 6.45) is 3.93. The molecule has 0 radical (unpaired) electrons. The Hall–Kier alpha value is -3.00. The SMILES string of the molecule is COc1ccc(C=Cc2nn3c(-c4cc(C)on4)nnc3s2)cc1. The molecule has 1 aromatic carbocycles. The minimum atomic E-state index is 0.571. The van der Waals surface area contributed by atoms with Crippen molar-refractivity contribution in [2.24, 2.45) is 0 Å². The largest absolute Gasteiger partial charge is 0.497 e. The molecule has 0 fully saturated rings.